The maximum Gasteiger partial charge on any atom is 0.322 e. The van der Waals surface area contributed by atoms with Crippen LogP contribution in [-0.2, 0) is 4.74 Å². The number of ether oxygens (including phenoxy) is 2. The van der Waals surface area contributed by atoms with Gasteiger partial charge < -0.3 is 14.4 Å². The first kappa shape index (κ1) is 14.9. The summed E-state index contributed by atoms with van der Waals surface area (Å²) in [5.74, 6) is 0.511. The van der Waals surface area contributed by atoms with Crippen molar-refractivity contribution in [2.24, 2.45) is 0 Å². The smallest absolute Gasteiger partial charge is 0.322 e. The molecule has 0 N–H and O–H groups in total. The van der Waals surface area contributed by atoms with Gasteiger partial charge in [-0.15, -0.1) is 0 Å². The monoisotopic (exact) mass is 274 g/mol. The van der Waals surface area contributed by atoms with E-state index in [0.717, 1.165) is 19.4 Å². The van der Waals surface area contributed by atoms with Crippen LogP contribution in [0.4, 0.5) is 5.95 Å². The predicted octanol–water partition coefficient (Wildman–Crippen LogP) is 1.79. The lowest BCUT2D eigenvalue weighted by Gasteiger charge is -2.17. The second-order valence-electron chi connectivity index (χ2n) is 3.80. The predicted molar refractivity (Wildman–Crippen MR) is 70.4 cm³/mol. The van der Waals surface area contributed by atoms with Gasteiger partial charge in [0.25, 0.3) is 0 Å². The van der Waals surface area contributed by atoms with E-state index in [2.05, 4.69) is 15.0 Å². The number of anilines is 1. The van der Waals surface area contributed by atoms with Gasteiger partial charge in [-0.05, 0) is 24.4 Å². The number of aromatic nitrogens is 3. The van der Waals surface area contributed by atoms with Crippen LogP contribution < -0.4 is 9.64 Å². The van der Waals surface area contributed by atoms with Crippen LogP contribution >= 0.6 is 11.6 Å². The minimum Gasteiger partial charge on any atom is -0.463 e. The van der Waals surface area contributed by atoms with Gasteiger partial charge in [0.15, 0.2) is 0 Å². The minimum absolute atomic E-state index is 0.143. The van der Waals surface area contributed by atoms with E-state index >= 15 is 0 Å². The van der Waals surface area contributed by atoms with Crippen LogP contribution in [0.2, 0.25) is 5.28 Å². The second-order valence-corrected chi connectivity index (χ2v) is 4.14. The van der Waals surface area contributed by atoms with Crippen LogP contribution in [0.15, 0.2) is 0 Å². The summed E-state index contributed by atoms with van der Waals surface area (Å²) in [4.78, 5) is 14.1. The average Bonchev–Trinajstić information content (AvgIpc) is 2.36. The number of rotatable bonds is 8. The summed E-state index contributed by atoms with van der Waals surface area (Å²) < 4.78 is 10.4. The molecule has 1 aromatic rings. The summed E-state index contributed by atoms with van der Waals surface area (Å²) in [5, 5.41) is 0.143. The highest BCUT2D eigenvalue weighted by atomic mass is 35.5. The van der Waals surface area contributed by atoms with Gasteiger partial charge in [-0.1, -0.05) is 6.92 Å². The average molecular weight is 275 g/mol. The normalized spacial score (nSPS) is 10.4. The van der Waals surface area contributed by atoms with Crippen molar-refractivity contribution in [3.63, 3.8) is 0 Å². The van der Waals surface area contributed by atoms with Gasteiger partial charge in [-0.25, -0.2) is 0 Å². The highest BCUT2D eigenvalue weighted by molar-refractivity contribution is 6.28. The molecule has 0 unspecified atom stereocenters. The lowest BCUT2D eigenvalue weighted by molar-refractivity contribution is 0.196. The van der Waals surface area contributed by atoms with E-state index in [1.54, 1.807) is 7.11 Å². The molecule has 0 bridgehead atoms. The number of hydrogen-bond acceptors (Lipinski definition) is 6. The lowest BCUT2D eigenvalue weighted by Crippen LogP contribution is -2.22. The van der Waals surface area contributed by atoms with Crippen LogP contribution in [0, 0.1) is 0 Å². The molecule has 0 spiro atoms. The Morgan fingerprint density at radius 1 is 1.22 bits per heavy atom. The zero-order valence-corrected chi connectivity index (χ0v) is 11.8. The molecule has 6 nitrogen and oxygen atoms in total. The zero-order chi connectivity index (χ0) is 13.4. The van der Waals surface area contributed by atoms with E-state index in [9.17, 15) is 0 Å². The largest absolute Gasteiger partial charge is 0.463 e. The third-order valence-electron chi connectivity index (χ3n) is 2.19. The lowest BCUT2D eigenvalue weighted by atomic mass is 10.4. The van der Waals surface area contributed by atoms with E-state index in [-0.39, 0.29) is 11.3 Å². The minimum atomic E-state index is 0.143. The Morgan fingerprint density at radius 3 is 2.67 bits per heavy atom. The van der Waals surface area contributed by atoms with E-state index in [1.807, 2.05) is 18.9 Å². The maximum atomic E-state index is 5.84. The van der Waals surface area contributed by atoms with E-state index in [1.165, 1.54) is 0 Å². The maximum absolute atomic E-state index is 5.84. The van der Waals surface area contributed by atoms with Crippen molar-refractivity contribution in [2.45, 2.75) is 19.8 Å². The number of halogens is 1. The molecule has 7 heteroatoms. The van der Waals surface area contributed by atoms with Gasteiger partial charge in [0.1, 0.15) is 0 Å². The Hall–Kier alpha value is -1.14. The molecule has 0 saturated heterocycles. The highest BCUT2D eigenvalue weighted by Crippen LogP contribution is 2.14. The van der Waals surface area contributed by atoms with Gasteiger partial charge in [0.05, 0.1) is 6.61 Å². The van der Waals surface area contributed by atoms with E-state index < -0.39 is 0 Å². The van der Waals surface area contributed by atoms with Crippen molar-refractivity contribution >= 4 is 17.5 Å². The number of methoxy groups -OCH3 is 1. The van der Waals surface area contributed by atoms with Gasteiger partial charge >= 0.3 is 6.01 Å². The number of hydrogen-bond donors (Lipinski definition) is 0. The fraction of sp³-hybridized carbons (Fsp3) is 0.727. The topological polar surface area (TPSA) is 60.4 Å². The first-order chi connectivity index (χ1) is 8.67. The van der Waals surface area contributed by atoms with Crippen LogP contribution in [0.1, 0.15) is 19.8 Å². The first-order valence-corrected chi connectivity index (χ1v) is 6.29. The van der Waals surface area contributed by atoms with Crippen LogP contribution in [0.25, 0.3) is 0 Å². The molecule has 18 heavy (non-hydrogen) atoms. The second kappa shape index (κ2) is 8.05. The van der Waals surface area contributed by atoms with Crippen molar-refractivity contribution < 1.29 is 9.47 Å². The molecule has 0 saturated carbocycles. The summed E-state index contributed by atoms with van der Waals surface area (Å²) in [6.45, 7) is 4.05. The van der Waals surface area contributed by atoms with E-state index in [4.69, 9.17) is 21.1 Å². The zero-order valence-electron chi connectivity index (χ0n) is 11.0. The summed E-state index contributed by atoms with van der Waals surface area (Å²) in [6.07, 6.45) is 1.78. The van der Waals surface area contributed by atoms with E-state index in [0.29, 0.717) is 19.2 Å². The van der Waals surface area contributed by atoms with Gasteiger partial charge in [-0.2, -0.15) is 15.0 Å². The van der Waals surface area contributed by atoms with Crippen molar-refractivity contribution in [1.82, 2.24) is 15.0 Å². The van der Waals surface area contributed by atoms with Crippen LogP contribution in [0.5, 0.6) is 6.01 Å². The van der Waals surface area contributed by atoms with Gasteiger partial charge in [0, 0.05) is 27.3 Å². The molecule has 0 aliphatic carbocycles. The Morgan fingerprint density at radius 2 is 2.00 bits per heavy atom. The van der Waals surface area contributed by atoms with Gasteiger partial charge in [-0.3, -0.25) is 0 Å². The number of nitrogens with zero attached hydrogens (tertiary/aromatic N) is 4. The SMILES string of the molecule is CCCOc1nc(Cl)nc(N(C)CCCOC)n1. The van der Waals surface area contributed by atoms with Crippen molar-refractivity contribution in [3.05, 3.63) is 5.28 Å². The molecule has 0 radical (unpaired) electrons. The van der Waals surface area contributed by atoms with Crippen molar-refractivity contribution in [2.75, 3.05) is 38.8 Å². The van der Waals surface area contributed by atoms with Crippen molar-refractivity contribution in [1.29, 1.82) is 0 Å². The molecular weight excluding hydrogens is 256 g/mol. The summed E-state index contributed by atoms with van der Waals surface area (Å²) >= 11 is 5.84. The Labute approximate surface area is 112 Å². The third kappa shape index (κ3) is 5.01. The molecule has 0 aliphatic heterocycles. The molecule has 0 amide bonds. The van der Waals surface area contributed by atoms with Crippen LogP contribution in [0.3, 0.4) is 0 Å². The Balaban J connectivity index is 2.65. The van der Waals surface area contributed by atoms with Crippen LogP contribution in [-0.4, -0.2) is 48.9 Å². The fourth-order valence-electron chi connectivity index (χ4n) is 1.30. The molecule has 1 rings (SSSR count). The third-order valence-corrected chi connectivity index (χ3v) is 2.36. The van der Waals surface area contributed by atoms with Gasteiger partial charge in [0.2, 0.25) is 11.2 Å². The summed E-state index contributed by atoms with van der Waals surface area (Å²) in [7, 11) is 3.57. The fourth-order valence-corrected chi connectivity index (χ4v) is 1.44. The molecule has 0 atom stereocenters. The quantitative estimate of drug-likeness (QED) is 0.674. The first-order valence-electron chi connectivity index (χ1n) is 5.91. The molecule has 1 aromatic heterocycles. The molecule has 0 fully saturated rings. The standard InChI is InChI=1S/C11H19ClN4O2/c1-4-7-18-11-14-9(12)13-10(15-11)16(2)6-5-8-17-3/h4-8H2,1-3H3. The molecule has 102 valence electrons. The molecule has 0 aliphatic rings. The molecular formula is C11H19ClN4O2. The summed E-state index contributed by atoms with van der Waals surface area (Å²) in [6, 6.07) is 0.269. The molecule has 0 aromatic carbocycles. The summed E-state index contributed by atoms with van der Waals surface area (Å²) in [5.41, 5.74) is 0. The van der Waals surface area contributed by atoms with Crippen molar-refractivity contribution in [3.8, 4) is 6.01 Å². The molecule has 1 heterocycles. The highest BCUT2D eigenvalue weighted by Gasteiger charge is 2.09. The Kier molecular flexibility index (Phi) is 6.67. The Bertz CT molecular complexity index is 365.